The first-order valence-corrected chi connectivity index (χ1v) is 9.17. The van der Waals surface area contributed by atoms with E-state index in [2.05, 4.69) is 31.2 Å². The summed E-state index contributed by atoms with van der Waals surface area (Å²) in [7, 11) is 0. The van der Waals surface area contributed by atoms with Crippen molar-refractivity contribution in [3.8, 4) is 5.82 Å². The number of hydrogen-bond acceptors (Lipinski definition) is 5. The number of carbonyl (C=O) groups excluding carboxylic acids is 1. The van der Waals surface area contributed by atoms with Gasteiger partial charge in [-0.25, -0.2) is 9.48 Å². The molecule has 0 atom stereocenters. The third kappa shape index (κ3) is 4.46. The van der Waals surface area contributed by atoms with Crippen LogP contribution in [0.1, 0.15) is 22.5 Å². The Hall–Kier alpha value is -3.42. The third-order valence-electron chi connectivity index (χ3n) is 4.63. The Kier molecular flexibility index (Phi) is 5.88. The predicted molar refractivity (Wildman–Crippen MR) is 110 cm³/mol. The van der Waals surface area contributed by atoms with E-state index in [-0.39, 0.29) is 6.03 Å². The van der Waals surface area contributed by atoms with Gasteiger partial charge >= 0.3 is 6.03 Å². The van der Waals surface area contributed by atoms with Crippen LogP contribution in [0.2, 0.25) is 0 Å². The third-order valence-corrected chi connectivity index (χ3v) is 4.63. The molecule has 3 aromatic rings. The topological polar surface area (TPSA) is 96.8 Å². The number of urea groups is 1. The van der Waals surface area contributed by atoms with Crippen molar-refractivity contribution in [3.05, 3.63) is 58.9 Å². The minimum atomic E-state index is -0.238. The molecule has 2 amide bonds. The molecular weight excluding hydrogens is 354 g/mol. The van der Waals surface area contributed by atoms with Crippen LogP contribution in [0.15, 0.2) is 36.4 Å². The highest BCUT2D eigenvalue weighted by Gasteiger charge is 2.10. The van der Waals surface area contributed by atoms with Gasteiger partial charge in [0.05, 0.1) is 5.69 Å². The van der Waals surface area contributed by atoms with Crippen molar-refractivity contribution in [2.75, 3.05) is 23.7 Å². The lowest BCUT2D eigenvalue weighted by atomic mass is 10.2. The van der Waals surface area contributed by atoms with Crippen molar-refractivity contribution in [1.29, 1.82) is 0 Å². The number of nitrogens with one attached hydrogen (secondary N) is 3. The number of para-hydroxylation sites is 1. The molecule has 8 heteroatoms. The molecule has 8 nitrogen and oxygen atoms in total. The second-order valence-electron chi connectivity index (χ2n) is 6.61. The number of aromatic nitrogens is 4. The molecule has 146 valence electrons. The summed E-state index contributed by atoms with van der Waals surface area (Å²) in [6, 6.07) is 11.1. The lowest BCUT2D eigenvalue weighted by molar-refractivity contribution is 0.252. The summed E-state index contributed by atoms with van der Waals surface area (Å²) in [4.78, 5) is 12.0. The van der Waals surface area contributed by atoms with E-state index in [4.69, 9.17) is 0 Å². The van der Waals surface area contributed by atoms with Crippen molar-refractivity contribution < 1.29 is 4.79 Å². The van der Waals surface area contributed by atoms with Crippen molar-refractivity contribution in [2.24, 2.45) is 0 Å². The van der Waals surface area contributed by atoms with Gasteiger partial charge in [-0.3, -0.25) is 0 Å². The van der Waals surface area contributed by atoms with Gasteiger partial charge in [0.25, 0.3) is 0 Å². The van der Waals surface area contributed by atoms with E-state index < -0.39 is 0 Å². The Morgan fingerprint density at radius 1 is 1.00 bits per heavy atom. The second kappa shape index (κ2) is 8.51. The summed E-state index contributed by atoms with van der Waals surface area (Å²) < 4.78 is 1.79. The maximum absolute atomic E-state index is 12.0. The Morgan fingerprint density at radius 2 is 1.79 bits per heavy atom. The molecular formula is C20H25N7O. The fourth-order valence-electron chi connectivity index (χ4n) is 2.72. The molecule has 0 saturated heterocycles. The molecule has 0 saturated carbocycles. The quantitative estimate of drug-likeness (QED) is 0.572. The molecule has 0 radical (unpaired) electrons. The lowest BCUT2D eigenvalue weighted by Crippen LogP contribution is -2.32. The van der Waals surface area contributed by atoms with Crippen molar-refractivity contribution >= 4 is 17.5 Å². The molecule has 0 aliphatic rings. The first kappa shape index (κ1) is 19.3. The molecule has 0 aliphatic carbocycles. The first-order valence-electron chi connectivity index (χ1n) is 9.17. The number of amides is 2. The van der Waals surface area contributed by atoms with Crippen LogP contribution in [-0.4, -0.2) is 39.1 Å². The highest BCUT2D eigenvalue weighted by molar-refractivity contribution is 5.90. The number of hydrogen-bond donors (Lipinski definition) is 3. The van der Waals surface area contributed by atoms with E-state index in [0.717, 1.165) is 28.2 Å². The Balaban J connectivity index is 1.47. The van der Waals surface area contributed by atoms with Gasteiger partial charge in [0.1, 0.15) is 5.82 Å². The predicted octanol–water partition coefficient (Wildman–Crippen LogP) is 3.13. The van der Waals surface area contributed by atoms with E-state index in [1.807, 2.05) is 64.1 Å². The van der Waals surface area contributed by atoms with Crippen LogP contribution in [-0.2, 0) is 0 Å². The maximum Gasteiger partial charge on any atom is 0.319 e. The molecule has 2 aromatic heterocycles. The monoisotopic (exact) mass is 379 g/mol. The largest absolute Gasteiger partial charge is 0.367 e. The molecule has 0 aliphatic heterocycles. The number of anilines is 2. The van der Waals surface area contributed by atoms with Gasteiger partial charge < -0.3 is 16.0 Å². The summed E-state index contributed by atoms with van der Waals surface area (Å²) >= 11 is 0. The number of rotatable bonds is 6. The van der Waals surface area contributed by atoms with Crippen LogP contribution in [0, 0.1) is 27.7 Å². The summed E-state index contributed by atoms with van der Waals surface area (Å²) in [5, 5.41) is 21.7. The summed E-state index contributed by atoms with van der Waals surface area (Å²) in [6.45, 7) is 8.97. The molecule has 28 heavy (non-hydrogen) atoms. The van der Waals surface area contributed by atoms with Gasteiger partial charge in [-0.1, -0.05) is 18.2 Å². The SMILES string of the molecule is Cc1ccccc1NC(=O)NCCNc1ccc(-n2nc(C)c(C)c2C)nn1. The van der Waals surface area contributed by atoms with Crippen molar-refractivity contribution in [2.45, 2.75) is 27.7 Å². The van der Waals surface area contributed by atoms with Crippen LogP contribution < -0.4 is 16.0 Å². The molecule has 3 N–H and O–H groups in total. The zero-order valence-electron chi connectivity index (χ0n) is 16.6. The van der Waals surface area contributed by atoms with Crippen LogP contribution in [0.3, 0.4) is 0 Å². The highest BCUT2D eigenvalue weighted by atomic mass is 16.2. The summed E-state index contributed by atoms with van der Waals surface area (Å²) in [5.41, 5.74) is 5.00. The maximum atomic E-state index is 12.0. The molecule has 0 fully saturated rings. The van der Waals surface area contributed by atoms with E-state index >= 15 is 0 Å². The zero-order chi connectivity index (χ0) is 20.1. The van der Waals surface area contributed by atoms with E-state index in [9.17, 15) is 4.79 Å². The van der Waals surface area contributed by atoms with E-state index in [0.29, 0.717) is 24.7 Å². The summed E-state index contributed by atoms with van der Waals surface area (Å²) in [6.07, 6.45) is 0. The van der Waals surface area contributed by atoms with Gasteiger partial charge in [-0.2, -0.15) is 5.10 Å². The minimum Gasteiger partial charge on any atom is -0.367 e. The average Bonchev–Trinajstić information content (AvgIpc) is 2.95. The van der Waals surface area contributed by atoms with Gasteiger partial charge in [-0.05, 0) is 57.0 Å². The second-order valence-corrected chi connectivity index (χ2v) is 6.61. The van der Waals surface area contributed by atoms with Gasteiger partial charge in [0.2, 0.25) is 0 Å². The summed E-state index contributed by atoms with van der Waals surface area (Å²) in [5.74, 6) is 1.32. The fraction of sp³-hybridized carbons (Fsp3) is 0.300. The van der Waals surface area contributed by atoms with Crippen molar-refractivity contribution in [3.63, 3.8) is 0 Å². The average molecular weight is 379 g/mol. The highest BCUT2D eigenvalue weighted by Crippen LogP contribution is 2.15. The van der Waals surface area contributed by atoms with Crippen LogP contribution in [0.4, 0.5) is 16.3 Å². The van der Waals surface area contributed by atoms with E-state index in [1.54, 1.807) is 4.68 Å². The Labute approximate surface area is 164 Å². The zero-order valence-corrected chi connectivity index (χ0v) is 16.6. The molecule has 1 aromatic carbocycles. The van der Waals surface area contributed by atoms with E-state index in [1.165, 1.54) is 0 Å². The number of carbonyl (C=O) groups is 1. The molecule has 2 heterocycles. The van der Waals surface area contributed by atoms with Gasteiger partial charge in [-0.15, -0.1) is 10.2 Å². The van der Waals surface area contributed by atoms with Gasteiger partial charge in [0, 0.05) is 24.5 Å². The first-order chi connectivity index (χ1) is 13.5. The van der Waals surface area contributed by atoms with Crippen LogP contribution in [0.5, 0.6) is 0 Å². The lowest BCUT2D eigenvalue weighted by Gasteiger charge is -2.10. The molecule has 3 rings (SSSR count). The Morgan fingerprint density at radius 3 is 2.43 bits per heavy atom. The number of benzene rings is 1. The minimum absolute atomic E-state index is 0.238. The van der Waals surface area contributed by atoms with Crippen LogP contribution in [0.25, 0.3) is 5.82 Å². The smallest absolute Gasteiger partial charge is 0.319 e. The standard InChI is InChI=1S/C20H25N7O/c1-13-7-5-6-8-17(13)23-20(28)22-12-11-21-18-9-10-19(25-24-18)27-16(4)14(2)15(3)26-27/h5-10H,11-12H2,1-4H3,(H,21,24)(H2,22,23,28). The number of aryl methyl sites for hydroxylation is 2. The Bertz CT molecular complexity index is 963. The fourth-order valence-corrected chi connectivity index (χ4v) is 2.72. The molecule has 0 unspecified atom stereocenters. The van der Waals surface area contributed by atoms with Gasteiger partial charge in [0.15, 0.2) is 5.82 Å². The van der Waals surface area contributed by atoms with Crippen LogP contribution >= 0.6 is 0 Å². The van der Waals surface area contributed by atoms with Crippen molar-refractivity contribution in [1.82, 2.24) is 25.3 Å². The normalized spacial score (nSPS) is 10.6. The number of nitrogens with zero attached hydrogens (tertiary/aromatic N) is 4. The molecule has 0 bridgehead atoms. The molecule has 0 spiro atoms.